The minimum Gasteiger partial charge on any atom is -0.327 e. The van der Waals surface area contributed by atoms with Crippen LogP contribution in [0.15, 0.2) is 12.4 Å². The van der Waals surface area contributed by atoms with E-state index in [4.69, 9.17) is 0 Å². The first-order chi connectivity index (χ1) is 4.04. The lowest BCUT2D eigenvalue weighted by molar-refractivity contribution is -0.866. The fourth-order valence-electron chi connectivity index (χ4n) is 0.996. The van der Waals surface area contributed by atoms with Crippen LogP contribution in [0.1, 0.15) is 6.92 Å². The SMILES string of the molecule is CC1N(C)C=C[N+]1(C)C. The Bertz CT molecular complexity index is 138. The average molecular weight is 127 g/mol. The van der Waals surface area contributed by atoms with Crippen LogP contribution < -0.4 is 0 Å². The Balaban J connectivity index is 2.74. The van der Waals surface area contributed by atoms with E-state index in [0.29, 0.717) is 6.17 Å². The summed E-state index contributed by atoms with van der Waals surface area (Å²) in [6, 6.07) is 0. The summed E-state index contributed by atoms with van der Waals surface area (Å²) < 4.78 is 0.969. The van der Waals surface area contributed by atoms with Crippen molar-refractivity contribution in [3.63, 3.8) is 0 Å². The predicted molar refractivity (Wildman–Crippen MR) is 38.5 cm³/mol. The molecule has 1 aliphatic heterocycles. The van der Waals surface area contributed by atoms with E-state index in [1.807, 2.05) is 0 Å². The summed E-state index contributed by atoms with van der Waals surface area (Å²) in [7, 11) is 6.50. The van der Waals surface area contributed by atoms with Crippen LogP contribution in [-0.4, -0.2) is 36.7 Å². The van der Waals surface area contributed by atoms with Gasteiger partial charge in [-0.3, -0.25) is 4.48 Å². The van der Waals surface area contributed by atoms with Gasteiger partial charge in [-0.2, -0.15) is 0 Å². The second kappa shape index (κ2) is 1.74. The van der Waals surface area contributed by atoms with Gasteiger partial charge in [-0.05, 0) is 0 Å². The molecule has 0 aromatic heterocycles. The summed E-state index contributed by atoms with van der Waals surface area (Å²) in [5.74, 6) is 0. The third-order valence-electron chi connectivity index (χ3n) is 2.24. The van der Waals surface area contributed by atoms with Crippen molar-refractivity contribution in [3.05, 3.63) is 12.4 Å². The van der Waals surface area contributed by atoms with Gasteiger partial charge >= 0.3 is 0 Å². The zero-order valence-corrected chi connectivity index (χ0v) is 6.63. The molecule has 0 saturated heterocycles. The molecule has 0 aliphatic carbocycles. The summed E-state index contributed by atoms with van der Waals surface area (Å²) >= 11 is 0. The van der Waals surface area contributed by atoms with Crippen LogP contribution in [0.2, 0.25) is 0 Å². The monoisotopic (exact) mass is 127 g/mol. The first kappa shape index (κ1) is 6.62. The van der Waals surface area contributed by atoms with Crippen molar-refractivity contribution in [2.75, 3.05) is 21.1 Å². The Labute approximate surface area is 57.0 Å². The maximum Gasteiger partial charge on any atom is 0.165 e. The molecule has 0 aromatic carbocycles. The zero-order chi connectivity index (χ0) is 7.07. The van der Waals surface area contributed by atoms with Crippen molar-refractivity contribution in [1.29, 1.82) is 0 Å². The van der Waals surface area contributed by atoms with Gasteiger partial charge in [0.25, 0.3) is 0 Å². The average Bonchev–Trinajstić information content (AvgIpc) is 1.97. The van der Waals surface area contributed by atoms with E-state index in [-0.39, 0.29) is 0 Å². The lowest BCUT2D eigenvalue weighted by Crippen LogP contribution is -2.44. The van der Waals surface area contributed by atoms with Gasteiger partial charge in [0.1, 0.15) is 6.20 Å². The van der Waals surface area contributed by atoms with E-state index in [1.54, 1.807) is 0 Å². The quantitative estimate of drug-likeness (QED) is 0.436. The van der Waals surface area contributed by atoms with Crippen LogP contribution in [0.3, 0.4) is 0 Å². The van der Waals surface area contributed by atoms with Gasteiger partial charge in [-0.1, -0.05) is 0 Å². The van der Waals surface area contributed by atoms with E-state index < -0.39 is 0 Å². The Morgan fingerprint density at radius 1 is 1.44 bits per heavy atom. The second-order valence-electron chi connectivity index (χ2n) is 3.22. The highest BCUT2D eigenvalue weighted by Gasteiger charge is 2.28. The molecule has 1 atom stereocenters. The van der Waals surface area contributed by atoms with Crippen molar-refractivity contribution in [1.82, 2.24) is 4.90 Å². The Hall–Kier alpha value is -0.500. The van der Waals surface area contributed by atoms with E-state index >= 15 is 0 Å². The number of hydrogen-bond acceptors (Lipinski definition) is 1. The Kier molecular flexibility index (Phi) is 1.28. The molecule has 0 amide bonds. The molecule has 1 aliphatic rings. The molecule has 0 bridgehead atoms. The lowest BCUT2D eigenvalue weighted by atomic mass is 10.4. The molecule has 52 valence electrons. The molecule has 2 nitrogen and oxygen atoms in total. The maximum atomic E-state index is 2.22. The maximum absolute atomic E-state index is 2.22. The van der Waals surface area contributed by atoms with Crippen LogP contribution in [-0.2, 0) is 0 Å². The summed E-state index contributed by atoms with van der Waals surface area (Å²) in [4.78, 5) is 2.22. The topological polar surface area (TPSA) is 3.24 Å². The molecule has 0 saturated carbocycles. The largest absolute Gasteiger partial charge is 0.327 e. The van der Waals surface area contributed by atoms with Gasteiger partial charge in [0.15, 0.2) is 6.17 Å². The molecule has 0 N–H and O–H groups in total. The fraction of sp³-hybridized carbons (Fsp3) is 0.714. The van der Waals surface area contributed by atoms with Crippen molar-refractivity contribution in [3.8, 4) is 0 Å². The van der Waals surface area contributed by atoms with E-state index in [1.165, 1.54) is 0 Å². The molecule has 9 heavy (non-hydrogen) atoms. The van der Waals surface area contributed by atoms with Crippen LogP contribution >= 0.6 is 0 Å². The highest BCUT2D eigenvalue weighted by Crippen LogP contribution is 2.17. The standard InChI is InChI=1S/C7H15N2/c1-7-8(2)5-6-9(7,3)4/h5-7H,1-4H3/q+1. The minimum atomic E-state index is 0.588. The van der Waals surface area contributed by atoms with E-state index in [0.717, 1.165) is 4.48 Å². The summed E-state index contributed by atoms with van der Waals surface area (Å²) in [5, 5.41) is 0. The lowest BCUT2D eigenvalue weighted by Gasteiger charge is -2.29. The van der Waals surface area contributed by atoms with Crippen LogP contribution in [0, 0.1) is 0 Å². The van der Waals surface area contributed by atoms with Crippen LogP contribution in [0.25, 0.3) is 0 Å². The minimum absolute atomic E-state index is 0.588. The molecule has 1 rings (SSSR count). The molecule has 0 fully saturated rings. The van der Waals surface area contributed by atoms with Gasteiger partial charge < -0.3 is 4.90 Å². The summed E-state index contributed by atoms with van der Waals surface area (Å²) in [6.45, 7) is 2.22. The van der Waals surface area contributed by atoms with Gasteiger partial charge in [-0.15, -0.1) is 0 Å². The van der Waals surface area contributed by atoms with Gasteiger partial charge in [0.2, 0.25) is 0 Å². The van der Waals surface area contributed by atoms with Crippen molar-refractivity contribution < 1.29 is 4.48 Å². The van der Waals surface area contributed by atoms with Crippen LogP contribution in [0.5, 0.6) is 0 Å². The van der Waals surface area contributed by atoms with Gasteiger partial charge in [0, 0.05) is 14.0 Å². The fourth-order valence-corrected chi connectivity index (χ4v) is 0.996. The van der Waals surface area contributed by atoms with E-state index in [2.05, 4.69) is 45.4 Å². The first-order valence-corrected chi connectivity index (χ1v) is 3.29. The molecule has 0 spiro atoms. The molecule has 0 radical (unpaired) electrons. The molecule has 1 unspecified atom stereocenters. The summed E-state index contributed by atoms with van der Waals surface area (Å²) in [6.07, 6.45) is 4.92. The number of hydrogen-bond donors (Lipinski definition) is 0. The van der Waals surface area contributed by atoms with Gasteiger partial charge in [0.05, 0.1) is 20.3 Å². The number of rotatable bonds is 0. The number of quaternary nitrogens is 1. The molecular formula is C7H15N2+. The molecular weight excluding hydrogens is 112 g/mol. The highest BCUT2D eigenvalue weighted by molar-refractivity contribution is 4.81. The predicted octanol–water partition coefficient (Wildman–Crippen LogP) is 0.825. The normalized spacial score (nSPS) is 31.6. The van der Waals surface area contributed by atoms with Crippen molar-refractivity contribution in [2.24, 2.45) is 0 Å². The van der Waals surface area contributed by atoms with Crippen LogP contribution in [0.4, 0.5) is 0 Å². The molecule has 0 aromatic rings. The zero-order valence-electron chi connectivity index (χ0n) is 6.63. The second-order valence-corrected chi connectivity index (χ2v) is 3.22. The van der Waals surface area contributed by atoms with Gasteiger partial charge in [-0.25, -0.2) is 0 Å². The first-order valence-electron chi connectivity index (χ1n) is 3.29. The molecule has 1 heterocycles. The highest BCUT2D eigenvalue weighted by atomic mass is 15.5. The Morgan fingerprint density at radius 3 is 2.11 bits per heavy atom. The van der Waals surface area contributed by atoms with E-state index in [9.17, 15) is 0 Å². The third-order valence-corrected chi connectivity index (χ3v) is 2.24. The number of nitrogens with zero attached hydrogens (tertiary/aromatic N) is 2. The smallest absolute Gasteiger partial charge is 0.165 e. The molecule has 2 heteroatoms. The summed E-state index contributed by atoms with van der Waals surface area (Å²) in [5.41, 5.74) is 0. The van der Waals surface area contributed by atoms with Crippen molar-refractivity contribution in [2.45, 2.75) is 13.1 Å². The third kappa shape index (κ3) is 0.944. The Morgan fingerprint density at radius 2 is 2.00 bits per heavy atom. The van der Waals surface area contributed by atoms with Crippen molar-refractivity contribution >= 4 is 0 Å².